The first-order valence-corrected chi connectivity index (χ1v) is 9.67. The molecule has 2 aromatic carbocycles. The molecular weight excluding hydrogens is 370 g/mol. The summed E-state index contributed by atoms with van der Waals surface area (Å²) in [4.78, 5) is 39.0. The normalized spacial score (nSPS) is 15.0. The first kappa shape index (κ1) is 20.4. The van der Waals surface area contributed by atoms with Gasteiger partial charge in [0.1, 0.15) is 11.8 Å². The summed E-state index contributed by atoms with van der Waals surface area (Å²) < 4.78 is 5.28. The van der Waals surface area contributed by atoms with E-state index in [1.54, 1.807) is 18.1 Å². The van der Waals surface area contributed by atoms with Crippen LogP contribution in [0.5, 0.6) is 5.75 Å². The zero-order valence-electron chi connectivity index (χ0n) is 16.6. The minimum Gasteiger partial charge on any atom is -0.496 e. The van der Waals surface area contributed by atoms with Crippen LogP contribution in [-0.2, 0) is 20.8 Å². The van der Waals surface area contributed by atoms with Gasteiger partial charge in [-0.25, -0.2) is 0 Å². The fourth-order valence-corrected chi connectivity index (χ4v) is 3.48. The number of carbonyl (C=O) groups is 3. The summed E-state index contributed by atoms with van der Waals surface area (Å²) in [7, 11) is 1.59. The van der Waals surface area contributed by atoms with Crippen LogP contribution in [0, 0.1) is 0 Å². The Labute approximate surface area is 170 Å². The van der Waals surface area contributed by atoms with Crippen LogP contribution in [0.1, 0.15) is 30.5 Å². The zero-order valence-corrected chi connectivity index (χ0v) is 16.6. The van der Waals surface area contributed by atoms with E-state index < -0.39 is 17.9 Å². The lowest BCUT2D eigenvalue weighted by molar-refractivity contribution is -0.140. The first-order valence-electron chi connectivity index (χ1n) is 9.67. The highest BCUT2D eigenvalue weighted by Gasteiger charge is 2.38. The van der Waals surface area contributed by atoms with Crippen LogP contribution in [0.2, 0.25) is 0 Å². The highest BCUT2D eigenvalue weighted by atomic mass is 16.5. The van der Waals surface area contributed by atoms with Crippen molar-refractivity contribution in [1.82, 2.24) is 10.6 Å². The van der Waals surface area contributed by atoms with Crippen molar-refractivity contribution in [2.45, 2.75) is 25.8 Å². The molecule has 29 heavy (non-hydrogen) atoms. The quantitative estimate of drug-likeness (QED) is 0.702. The molecule has 0 spiro atoms. The van der Waals surface area contributed by atoms with Gasteiger partial charge < -0.3 is 20.3 Å². The Balaban J connectivity index is 1.59. The topological polar surface area (TPSA) is 87.7 Å². The van der Waals surface area contributed by atoms with Gasteiger partial charge >= 0.3 is 11.8 Å². The van der Waals surface area contributed by atoms with Crippen molar-refractivity contribution in [3.63, 3.8) is 0 Å². The van der Waals surface area contributed by atoms with Crippen molar-refractivity contribution in [3.05, 3.63) is 59.7 Å². The van der Waals surface area contributed by atoms with Crippen molar-refractivity contribution < 1.29 is 19.1 Å². The second-order valence-electron chi connectivity index (χ2n) is 6.77. The van der Waals surface area contributed by atoms with Gasteiger partial charge in [-0.1, -0.05) is 43.3 Å². The van der Waals surface area contributed by atoms with E-state index in [9.17, 15) is 14.4 Å². The average molecular weight is 395 g/mol. The van der Waals surface area contributed by atoms with Crippen molar-refractivity contribution in [3.8, 4) is 5.75 Å². The van der Waals surface area contributed by atoms with Gasteiger partial charge in [0, 0.05) is 24.3 Å². The fourth-order valence-electron chi connectivity index (χ4n) is 3.48. The number of anilines is 1. The predicted molar refractivity (Wildman–Crippen MR) is 110 cm³/mol. The molecule has 0 aromatic heterocycles. The Morgan fingerprint density at radius 3 is 2.55 bits per heavy atom. The van der Waals surface area contributed by atoms with Crippen LogP contribution in [0.15, 0.2) is 48.5 Å². The van der Waals surface area contributed by atoms with Gasteiger partial charge in [0.2, 0.25) is 0 Å². The molecule has 1 heterocycles. The van der Waals surface area contributed by atoms with Crippen molar-refractivity contribution in [1.29, 1.82) is 0 Å². The SMILES string of the molecule is CCCN1C(=O)[C@H](NC(=O)C(=O)NCCc2ccccc2OC)c2ccccc21. The Morgan fingerprint density at radius 2 is 1.79 bits per heavy atom. The number of para-hydroxylation sites is 2. The predicted octanol–water partition coefficient (Wildman–Crippen LogP) is 1.97. The molecule has 2 aromatic rings. The number of amides is 3. The summed E-state index contributed by atoms with van der Waals surface area (Å²) in [5.74, 6) is -1.07. The minimum absolute atomic E-state index is 0.219. The third-order valence-electron chi connectivity index (χ3n) is 4.85. The smallest absolute Gasteiger partial charge is 0.310 e. The molecule has 0 saturated carbocycles. The Morgan fingerprint density at radius 1 is 1.07 bits per heavy atom. The largest absolute Gasteiger partial charge is 0.496 e. The van der Waals surface area contributed by atoms with Crippen LogP contribution in [-0.4, -0.2) is 37.9 Å². The Bertz CT molecular complexity index is 912. The number of fused-ring (bicyclic) bond motifs is 1. The number of benzene rings is 2. The molecule has 0 unspecified atom stereocenters. The molecule has 0 fully saturated rings. The lowest BCUT2D eigenvalue weighted by Gasteiger charge is -2.17. The number of hydrogen-bond acceptors (Lipinski definition) is 4. The number of hydrogen-bond donors (Lipinski definition) is 2. The highest BCUT2D eigenvalue weighted by Crippen LogP contribution is 2.35. The average Bonchev–Trinajstić information content (AvgIpc) is 3.00. The third-order valence-corrected chi connectivity index (χ3v) is 4.85. The Kier molecular flexibility index (Phi) is 6.49. The molecule has 3 amide bonds. The van der Waals surface area contributed by atoms with Gasteiger partial charge in [-0.05, 0) is 30.5 Å². The fraction of sp³-hybridized carbons (Fsp3) is 0.318. The summed E-state index contributed by atoms with van der Waals surface area (Å²) in [5, 5.41) is 5.18. The molecule has 3 rings (SSSR count). The second-order valence-corrected chi connectivity index (χ2v) is 6.77. The lowest BCUT2D eigenvalue weighted by atomic mass is 10.1. The van der Waals surface area contributed by atoms with Gasteiger partial charge in [-0.3, -0.25) is 14.4 Å². The molecule has 1 atom stereocenters. The lowest BCUT2D eigenvalue weighted by Crippen LogP contribution is -2.45. The van der Waals surface area contributed by atoms with Crippen LogP contribution in [0.3, 0.4) is 0 Å². The van der Waals surface area contributed by atoms with Gasteiger partial charge in [0.15, 0.2) is 0 Å². The third kappa shape index (κ3) is 4.39. The van der Waals surface area contributed by atoms with Crippen molar-refractivity contribution in [2.24, 2.45) is 0 Å². The van der Waals surface area contributed by atoms with E-state index in [1.807, 2.05) is 49.4 Å². The molecule has 1 aliphatic rings. The number of nitrogens with one attached hydrogen (secondary N) is 2. The van der Waals surface area contributed by atoms with Crippen LogP contribution < -0.4 is 20.3 Å². The molecule has 152 valence electrons. The maximum Gasteiger partial charge on any atom is 0.310 e. The van der Waals surface area contributed by atoms with E-state index in [1.165, 1.54) is 0 Å². The second kappa shape index (κ2) is 9.23. The number of rotatable bonds is 7. The van der Waals surface area contributed by atoms with Crippen LogP contribution >= 0.6 is 0 Å². The van der Waals surface area contributed by atoms with E-state index in [0.29, 0.717) is 18.5 Å². The highest BCUT2D eigenvalue weighted by molar-refractivity contribution is 6.35. The summed E-state index contributed by atoms with van der Waals surface area (Å²) in [6.45, 7) is 2.83. The molecule has 7 heteroatoms. The van der Waals surface area contributed by atoms with Gasteiger partial charge in [-0.15, -0.1) is 0 Å². The molecular formula is C22H25N3O4. The molecule has 1 aliphatic heterocycles. The standard InChI is InChI=1S/C22H25N3O4/c1-3-14-25-17-10-6-5-9-16(17)19(22(25)28)24-21(27)20(26)23-13-12-15-8-4-7-11-18(15)29-2/h4-11,19H,3,12-14H2,1-2H3,(H,23,26)(H,24,27)/t19-/m1/s1. The molecule has 0 saturated heterocycles. The van der Waals surface area contributed by atoms with Crippen LogP contribution in [0.25, 0.3) is 0 Å². The molecule has 0 radical (unpaired) electrons. The summed E-state index contributed by atoms with van der Waals surface area (Å²) in [5.41, 5.74) is 2.42. The van der Waals surface area contributed by atoms with E-state index >= 15 is 0 Å². The number of carbonyl (C=O) groups excluding carboxylic acids is 3. The van der Waals surface area contributed by atoms with Crippen molar-refractivity contribution in [2.75, 3.05) is 25.1 Å². The maximum absolute atomic E-state index is 12.7. The number of nitrogens with zero attached hydrogens (tertiary/aromatic N) is 1. The summed E-state index contributed by atoms with van der Waals surface area (Å²) in [6, 6.07) is 14.0. The summed E-state index contributed by atoms with van der Waals surface area (Å²) >= 11 is 0. The van der Waals surface area contributed by atoms with E-state index in [4.69, 9.17) is 4.74 Å². The zero-order chi connectivity index (χ0) is 20.8. The number of methoxy groups -OCH3 is 1. The summed E-state index contributed by atoms with van der Waals surface area (Å²) in [6.07, 6.45) is 1.32. The van der Waals surface area contributed by atoms with Gasteiger partial charge in [0.25, 0.3) is 5.91 Å². The minimum atomic E-state index is -0.842. The van der Waals surface area contributed by atoms with Gasteiger partial charge in [0.05, 0.1) is 7.11 Å². The first-order chi connectivity index (χ1) is 14.1. The van der Waals surface area contributed by atoms with Crippen LogP contribution in [0.4, 0.5) is 5.69 Å². The monoisotopic (exact) mass is 395 g/mol. The Hall–Kier alpha value is -3.35. The molecule has 2 N–H and O–H groups in total. The molecule has 0 aliphatic carbocycles. The van der Waals surface area contributed by atoms with E-state index in [2.05, 4.69) is 10.6 Å². The maximum atomic E-state index is 12.7. The van der Waals surface area contributed by atoms with E-state index in [0.717, 1.165) is 23.4 Å². The molecule has 7 nitrogen and oxygen atoms in total. The van der Waals surface area contributed by atoms with Crippen molar-refractivity contribution >= 4 is 23.4 Å². The van der Waals surface area contributed by atoms with E-state index in [-0.39, 0.29) is 12.5 Å². The van der Waals surface area contributed by atoms with Gasteiger partial charge in [-0.2, -0.15) is 0 Å². The molecule has 0 bridgehead atoms. The number of ether oxygens (including phenoxy) is 1.